The van der Waals surface area contributed by atoms with Crippen molar-refractivity contribution in [3.63, 3.8) is 0 Å². The van der Waals surface area contributed by atoms with Crippen molar-refractivity contribution in [2.75, 3.05) is 65.7 Å². The maximum atomic E-state index is 14.4. The van der Waals surface area contributed by atoms with Gasteiger partial charge >= 0.3 is 59.7 Å². The van der Waals surface area contributed by atoms with Crippen molar-refractivity contribution in [1.82, 2.24) is 15.1 Å². The predicted molar refractivity (Wildman–Crippen MR) is 264 cm³/mol. The first-order valence-corrected chi connectivity index (χ1v) is 25.4. The second kappa shape index (κ2) is 34.6. The van der Waals surface area contributed by atoms with Gasteiger partial charge in [0.15, 0.2) is 49.2 Å². The molecular formula is C51H71N3O26. The molecule has 0 saturated carbocycles. The molecule has 0 bridgehead atoms. The van der Waals surface area contributed by atoms with Crippen LogP contribution in [0.3, 0.4) is 0 Å². The average Bonchev–Trinajstić information content (AvgIpc) is 3.35. The van der Waals surface area contributed by atoms with E-state index in [4.69, 9.17) is 61.6 Å². The molecule has 0 radical (unpaired) electrons. The lowest BCUT2D eigenvalue weighted by molar-refractivity contribution is -0.309. The number of hydrogen-bond acceptors (Lipinski definition) is 26. The Kier molecular flexibility index (Phi) is 29.0. The number of ether oxygens (including phenoxy) is 13. The lowest BCUT2D eigenvalue weighted by Crippen LogP contribution is -2.63. The molecule has 1 aromatic carbocycles. The molecule has 1 aromatic rings. The van der Waals surface area contributed by atoms with E-state index in [9.17, 15) is 62.6 Å². The van der Waals surface area contributed by atoms with Crippen molar-refractivity contribution in [2.45, 2.75) is 149 Å². The summed E-state index contributed by atoms with van der Waals surface area (Å²) in [6.07, 6.45) is -14.2. The smallest absolute Gasteiger partial charge is 0.317 e. The van der Waals surface area contributed by atoms with E-state index in [0.29, 0.717) is 19.3 Å². The largest absolute Gasteiger partial charge is 0.480 e. The molecule has 29 nitrogen and oxygen atoms in total. The highest BCUT2D eigenvalue weighted by Crippen LogP contribution is 2.32. The molecule has 2 heterocycles. The van der Waals surface area contributed by atoms with Gasteiger partial charge in [-0.1, -0.05) is 36.8 Å². The van der Waals surface area contributed by atoms with Gasteiger partial charge in [-0.3, -0.25) is 62.4 Å². The van der Waals surface area contributed by atoms with Crippen LogP contribution in [0.4, 0.5) is 0 Å². The SMILES string of the molecule is CC(=O)OC[C@@H]1O[C@@H](OCCN(CCO[C@@H]2O[C@@H](COC(C)=O)[C@H](OC(C)=O)[C@@H](OC(C)=O)[C@H]2OC(C)=O)C(=O)CN(CC(=O)O)CC(=O)NCCCCCC(=O)OCc2ccccc2)[C@H](OC(C)=O)[C@H](OC(C)=O)[C@H]1OC(C)=O. The predicted octanol–water partition coefficient (Wildman–Crippen LogP) is -0.179. The van der Waals surface area contributed by atoms with Crippen molar-refractivity contribution in [2.24, 2.45) is 0 Å². The van der Waals surface area contributed by atoms with Gasteiger partial charge in [-0.2, -0.15) is 0 Å². The van der Waals surface area contributed by atoms with Crippen LogP contribution in [0, 0.1) is 0 Å². The first kappa shape index (κ1) is 66.9. The maximum Gasteiger partial charge on any atom is 0.317 e. The van der Waals surface area contributed by atoms with E-state index < -0.39 is 186 Å². The van der Waals surface area contributed by atoms with Gasteiger partial charge in [0.25, 0.3) is 0 Å². The van der Waals surface area contributed by atoms with Crippen LogP contribution in [-0.2, 0) is 126 Å². The van der Waals surface area contributed by atoms with Crippen molar-refractivity contribution >= 4 is 71.5 Å². The number of carboxylic acid groups (broad SMARTS) is 1. The minimum Gasteiger partial charge on any atom is -0.480 e. The zero-order valence-electron chi connectivity index (χ0n) is 45.8. The molecule has 2 N–H and O–H groups in total. The van der Waals surface area contributed by atoms with E-state index in [1.165, 1.54) is 0 Å². The lowest BCUT2D eigenvalue weighted by Gasteiger charge is -2.44. The third kappa shape index (κ3) is 25.2. The Morgan fingerprint density at radius 3 is 1.38 bits per heavy atom. The summed E-state index contributed by atoms with van der Waals surface area (Å²) in [5, 5.41) is 12.5. The van der Waals surface area contributed by atoms with E-state index in [0.717, 1.165) is 70.8 Å². The number of rotatable bonds is 32. The molecule has 80 heavy (non-hydrogen) atoms. The van der Waals surface area contributed by atoms with Gasteiger partial charge in [0.1, 0.15) is 32.0 Å². The number of hydrogen-bond donors (Lipinski definition) is 2. The van der Waals surface area contributed by atoms with Crippen LogP contribution >= 0.6 is 0 Å². The summed E-state index contributed by atoms with van der Waals surface area (Å²) < 4.78 is 72.2. The van der Waals surface area contributed by atoms with Gasteiger partial charge < -0.3 is 76.9 Å². The Morgan fingerprint density at radius 1 is 0.512 bits per heavy atom. The van der Waals surface area contributed by atoms with Crippen molar-refractivity contribution in [3.05, 3.63) is 35.9 Å². The molecule has 0 aromatic heterocycles. The molecule has 446 valence electrons. The molecular weight excluding hydrogens is 1070 g/mol. The lowest BCUT2D eigenvalue weighted by atomic mass is 9.98. The Labute approximate surface area is 460 Å². The topological polar surface area (TPSA) is 364 Å². The summed E-state index contributed by atoms with van der Waals surface area (Å²) in [5.74, 6) is -10.3. The molecule has 2 saturated heterocycles. The minimum absolute atomic E-state index is 0.131. The maximum absolute atomic E-state index is 14.4. The molecule has 3 rings (SSSR count). The molecule has 0 spiro atoms. The van der Waals surface area contributed by atoms with Gasteiger partial charge in [-0.05, 0) is 18.4 Å². The zero-order chi connectivity index (χ0) is 59.5. The van der Waals surface area contributed by atoms with Crippen molar-refractivity contribution < 1.29 is 124 Å². The number of carbonyl (C=O) groups excluding carboxylic acids is 11. The Morgan fingerprint density at radius 2 is 0.950 bits per heavy atom. The molecule has 0 aliphatic carbocycles. The number of unbranched alkanes of at least 4 members (excludes halogenated alkanes) is 2. The molecule has 2 aliphatic heterocycles. The molecule has 2 amide bonds. The summed E-state index contributed by atoms with van der Waals surface area (Å²) >= 11 is 0. The highest BCUT2D eigenvalue weighted by Gasteiger charge is 2.54. The fourth-order valence-electron chi connectivity index (χ4n) is 8.08. The van der Waals surface area contributed by atoms with E-state index in [2.05, 4.69) is 5.32 Å². The first-order chi connectivity index (χ1) is 37.8. The Bertz CT molecular complexity index is 2180. The van der Waals surface area contributed by atoms with Gasteiger partial charge in [0, 0.05) is 81.4 Å². The van der Waals surface area contributed by atoms with Crippen LogP contribution < -0.4 is 5.32 Å². The van der Waals surface area contributed by atoms with Crippen LogP contribution in [-0.4, -0.2) is 214 Å². The molecule has 10 atom stereocenters. The second-order valence-electron chi connectivity index (χ2n) is 18.1. The second-order valence-corrected chi connectivity index (χ2v) is 18.1. The van der Waals surface area contributed by atoms with E-state index in [-0.39, 0.29) is 25.5 Å². The number of esters is 9. The molecule has 0 unspecified atom stereocenters. The highest BCUT2D eigenvalue weighted by atomic mass is 16.7. The summed E-state index contributed by atoms with van der Waals surface area (Å²) in [4.78, 5) is 152. The monoisotopic (exact) mass is 1140 g/mol. The molecule has 2 fully saturated rings. The standard InChI is InChI=1S/C51H71N3O26/c1-29(55)70-27-38-44(73-31(3)57)46(75-33(5)59)48(77-35(7)61)50(79-38)68-21-19-54(20-22-69-51-49(78-36(8)62)47(76-34(6)60)45(74-32(4)58)39(80-51)28-71-30(2)56)41(64)24-53(25-42(65)66)23-40(63)52-18-14-10-13-17-43(67)72-26-37-15-11-9-12-16-37/h9,11-12,15-16,38-39,44-51H,10,13-14,17-28H2,1-8H3,(H,52,63)(H,65,66)/t38-,39-,44-,45-,46+,47+,48+,49+,50+,51+/m0/s1. The summed E-state index contributed by atoms with van der Waals surface area (Å²) in [6, 6.07) is 9.14. The van der Waals surface area contributed by atoms with E-state index in [1.54, 1.807) is 0 Å². The van der Waals surface area contributed by atoms with Crippen LogP contribution in [0.1, 0.15) is 86.6 Å². The van der Waals surface area contributed by atoms with Crippen LogP contribution in [0.15, 0.2) is 30.3 Å². The molecule has 29 heteroatoms. The van der Waals surface area contributed by atoms with Crippen LogP contribution in [0.5, 0.6) is 0 Å². The zero-order valence-corrected chi connectivity index (χ0v) is 45.8. The third-order valence-electron chi connectivity index (χ3n) is 11.2. The normalized spacial score (nSPS) is 22.3. The first-order valence-electron chi connectivity index (χ1n) is 25.4. The van der Waals surface area contributed by atoms with Gasteiger partial charge in [0.2, 0.25) is 11.8 Å². The number of nitrogens with one attached hydrogen (secondary N) is 1. The number of carboxylic acids is 1. The quantitative estimate of drug-likeness (QED) is 0.0537. The number of benzene rings is 1. The molecule has 2 aliphatic rings. The number of amides is 2. The van der Waals surface area contributed by atoms with E-state index in [1.807, 2.05) is 30.3 Å². The average molecular weight is 1140 g/mol. The fraction of sp³-hybridized carbons (Fsp3) is 0.647. The van der Waals surface area contributed by atoms with Gasteiger partial charge in [-0.15, -0.1) is 0 Å². The van der Waals surface area contributed by atoms with Crippen molar-refractivity contribution in [1.29, 1.82) is 0 Å². The number of carbonyl (C=O) groups is 12. The Hall–Kier alpha value is -7.34. The minimum atomic E-state index is -1.69. The van der Waals surface area contributed by atoms with Gasteiger partial charge in [0.05, 0.1) is 32.8 Å². The highest BCUT2D eigenvalue weighted by molar-refractivity contribution is 5.82. The van der Waals surface area contributed by atoms with Gasteiger partial charge in [-0.25, -0.2) is 0 Å². The summed E-state index contributed by atoms with van der Waals surface area (Å²) in [5.41, 5.74) is 0.838. The van der Waals surface area contributed by atoms with Crippen LogP contribution in [0.25, 0.3) is 0 Å². The third-order valence-corrected chi connectivity index (χ3v) is 11.2. The summed E-state index contributed by atoms with van der Waals surface area (Å²) in [7, 11) is 0. The van der Waals surface area contributed by atoms with Crippen LogP contribution in [0.2, 0.25) is 0 Å². The number of aliphatic carboxylic acids is 1. The Balaban J connectivity index is 1.90. The van der Waals surface area contributed by atoms with Crippen molar-refractivity contribution in [3.8, 4) is 0 Å². The fourth-order valence-corrected chi connectivity index (χ4v) is 8.08. The summed E-state index contributed by atoms with van der Waals surface area (Å²) in [6.45, 7) is 3.32. The van der Waals surface area contributed by atoms with E-state index >= 15 is 0 Å². The number of nitrogens with zero attached hydrogens (tertiary/aromatic N) is 2.